The number of hydrogen-bond acceptors (Lipinski definition) is 3. The zero-order valence-electron chi connectivity index (χ0n) is 16.8. The number of fused-ring (bicyclic) bond motifs is 1. The molecule has 28 heavy (non-hydrogen) atoms. The normalized spacial score (nSPS) is 15.0. The molecule has 0 atom stereocenters. The predicted octanol–water partition coefficient (Wildman–Crippen LogP) is 5.63. The Morgan fingerprint density at radius 3 is 2.25 bits per heavy atom. The fourth-order valence-corrected chi connectivity index (χ4v) is 4.39. The van der Waals surface area contributed by atoms with Crippen LogP contribution in [0.1, 0.15) is 26.7 Å². The average Bonchev–Trinajstić information content (AvgIpc) is 2.75. The van der Waals surface area contributed by atoms with E-state index in [-0.39, 0.29) is 12.4 Å². The highest BCUT2D eigenvalue weighted by atomic mass is 35.5. The van der Waals surface area contributed by atoms with Crippen molar-refractivity contribution in [2.24, 2.45) is 0 Å². The van der Waals surface area contributed by atoms with Gasteiger partial charge in [-0.1, -0.05) is 62.4 Å². The summed E-state index contributed by atoms with van der Waals surface area (Å²) in [4.78, 5) is 10.1. The third-order valence-corrected chi connectivity index (χ3v) is 5.90. The summed E-state index contributed by atoms with van der Waals surface area (Å²) in [6, 6.07) is 22.1. The van der Waals surface area contributed by atoms with Crippen LogP contribution in [-0.2, 0) is 0 Å². The molecule has 3 aromatic rings. The first-order chi connectivity index (χ1) is 13.3. The second-order valence-corrected chi connectivity index (χ2v) is 7.35. The molecule has 0 amide bonds. The lowest BCUT2D eigenvalue weighted by molar-refractivity contribution is 0.186. The van der Waals surface area contributed by atoms with E-state index in [9.17, 15) is 0 Å². The van der Waals surface area contributed by atoms with Crippen molar-refractivity contribution in [3.8, 4) is 11.3 Å². The lowest BCUT2D eigenvalue weighted by atomic mass is 10.0. The van der Waals surface area contributed by atoms with Crippen LogP contribution in [0.2, 0.25) is 0 Å². The SMILES string of the molecule is CCN(CC)C1CCN(c2cc(-c3ccccc3)nc3ccccc23)CC1.Cl. The molecule has 2 heterocycles. The zero-order chi connectivity index (χ0) is 18.6. The van der Waals surface area contributed by atoms with Crippen LogP contribution in [0.3, 0.4) is 0 Å². The van der Waals surface area contributed by atoms with Crippen LogP contribution in [0.4, 0.5) is 5.69 Å². The number of para-hydroxylation sites is 1. The summed E-state index contributed by atoms with van der Waals surface area (Å²) in [6.07, 6.45) is 2.47. The van der Waals surface area contributed by atoms with Crippen molar-refractivity contribution in [2.45, 2.75) is 32.7 Å². The van der Waals surface area contributed by atoms with Crippen LogP contribution in [0.15, 0.2) is 60.7 Å². The molecule has 0 bridgehead atoms. The van der Waals surface area contributed by atoms with Gasteiger partial charge in [-0.25, -0.2) is 4.98 Å². The lowest BCUT2D eigenvalue weighted by Gasteiger charge is -2.39. The highest BCUT2D eigenvalue weighted by Gasteiger charge is 2.24. The largest absolute Gasteiger partial charge is 0.371 e. The monoisotopic (exact) mass is 395 g/mol. The molecule has 1 saturated heterocycles. The van der Waals surface area contributed by atoms with E-state index < -0.39 is 0 Å². The van der Waals surface area contributed by atoms with Gasteiger partial charge in [0.1, 0.15) is 0 Å². The molecule has 0 N–H and O–H groups in total. The molecular weight excluding hydrogens is 366 g/mol. The van der Waals surface area contributed by atoms with Gasteiger partial charge in [0, 0.05) is 35.8 Å². The minimum absolute atomic E-state index is 0. The summed E-state index contributed by atoms with van der Waals surface area (Å²) >= 11 is 0. The lowest BCUT2D eigenvalue weighted by Crippen LogP contribution is -2.44. The molecule has 3 nitrogen and oxygen atoms in total. The predicted molar refractivity (Wildman–Crippen MR) is 123 cm³/mol. The van der Waals surface area contributed by atoms with Gasteiger partial charge in [0.25, 0.3) is 0 Å². The van der Waals surface area contributed by atoms with Crippen LogP contribution in [0, 0.1) is 0 Å². The van der Waals surface area contributed by atoms with E-state index in [1.165, 1.54) is 29.5 Å². The fourth-order valence-electron chi connectivity index (χ4n) is 4.39. The van der Waals surface area contributed by atoms with E-state index in [1.807, 2.05) is 0 Å². The van der Waals surface area contributed by atoms with Crippen molar-refractivity contribution >= 4 is 29.0 Å². The third kappa shape index (κ3) is 4.16. The van der Waals surface area contributed by atoms with Crippen molar-refractivity contribution in [1.82, 2.24) is 9.88 Å². The Labute approximate surface area is 174 Å². The van der Waals surface area contributed by atoms with Gasteiger partial charge in [0.05, 0.1) is 11.2 Å². The van der Waals surface area contributed by atoms with E-state index in [2.05, 4.69) is 84.3 Å². The van der Waals surface area contributed by atoms with E-state index in [0.29, 0.717) is 0 Å². The van der Waals surface area contributed by atoms with E-state index in [1.54, 1.807) is 0 Å². The first-order valence-electron chi connectivity index (χ1n) is 10.2. The van der Waals surface area contributed by atoms with Crippen LogP contribution in [0.5, 0.6) is 0 Å². The minimum Gasteiger partial charge on any atom is -0.371 e. The maximum absolute atomic E-state index is 4.94. The number of aromatic nitrogens is 1. The first kappa shape index (κ1) is 20.6. The molecule has 0 spiro atoms. The van der Waals surface area contributed by atoms with Crippen LogP contribution < -0.4 is 4.90 Å². The first-order valence-corrected chi connectivity index (χ1v) is 10.2. The molecule has 2 aromatic carbocycles. The fraction of sp³-hybridized carbons (Fsp3) is 0.375. The number of anilines is 1. The molecule has 1 aliphatic rings. The van der Waals surface area contributed by atoms with Crippen LogP contribution in [-0.4, -0.2) is 42.1 Å². The number of pyridine rings is 1. The number of piperidine rings is 1. The Bertz CT molecular complexity index is 885. The smallest absolute Gasteiger partial charge is 0.0730 e. The Balaban J connectivity index is 0.00000225. The summed E-state index contributed by atoms with van der Waals surface area (Å²) in [5.74, 6) is 0. The number of rotatable bonds is 5. The summed E-state index contributed by atoms with van der Waals surface area (Å²) < 4.78 is 0. The van der Waals surface area contributed by atoms with E-state index >= 15 is 0 Å². The van der Waals surface area contributed by atoms with Crippen molar-refractivity contribution in [3.63, 3.8) is 0 Å². The van der Waals surface area contributed by atoms with Gasteiger partial charge in [-0.15, -0.1) is 12.4 Å². The van der Waals surface area contributed by atoms with Gasteiger partial charge in [-0.05, 0) is 38.1 Å². The molecule has 0 saturated carbocycles. The zero-order valence-corrected chi connectivity index (χ0v) is 17.7. The van der Waals surface area contributed by atoms with Gasteiger partial charge >= 0.3 is 0 Å². The number of benzene rings is 2. The number of nitrogens with zero attached hydrogens (tertiary/aromatic N) is 3. The minimum atomic E-state index is 0. The van der Waals surface area contributed by atoms with Gasteiger partial charge in [-0.2, -0.15) is 0 Å². The number of hydrogen-bond donors (Lipinski definition) is 0. The molecule has 4 heteroatoms. The summed E-state index contributed by atoms with van der Waals surface area (Å²) in [7, 11) is 0. The quantitative estimate of drug-likeness (QED) is 0.557. The summed E-state index contributed by atoms with van der Waals surface area (Å²) in [6.45, 7) is 9.08. The molecule has 0 aliphatic carbocycles. The maximum Gasteiger partial charge on any atom is 0.0730 e. The Kier molecular flexibility index (Phi) is 6.93. The Morgan fingerprint density at radius 2 is 1.57 bits per heavy atom. The maximum atomic E-state index is 4.94. The van der Waals surface area contributed by atoms with Crippen molar-refractivity contribution < 1.29 is 0 Å². The van der Waals surface area contributed by atoms with Gasteiger partial charge in [0.2, 0.25) is 0 Å². The van der Waals surface area contributed by atoms with Gasteiger partial charge in [0.15, 0.2) is 0 Å². The van der Waals surface area contributed by atoms with Crippen molar-refractivity contribution in [1.29, 1.82) is 0 Å². The molecule has 0 radical (unpaired) electrons. The standard InChI is InChI=1S/C24H29N3.ClH/c1-3-26(4-2)20-14-16-27(17-15-20)24-18-23(19-10-6-5-7-11-19)25-22-13-9-8-12-21(22)24;/h5-13,18,20H,3-4,14-17H2,1-2H3;1H. The van der Waals surface area contributed by atoms with Gasteiger partial charge in [-0.3, -0.25) is 0 Å². The second-order valence-electron chi connectivity index (χ2n) is 7.35. The van der Waals surface area contributed by atoms with E-state index in [4.69, 9.17) is 4.98 Å². The molecule has 1 aliphatic heterocycles. The summed E-state index contributed by atoms with van der Waals surface area (Å²) in [5, 5.41) is 1.26. The highest BCUT2D eigenvalue weighted by molar-refractivity contribution is 5.94. The molecule has 1 aromatic heterocycles. The van der Waals surface area contributed by atoms with Gasteiger partial charge < -0.3 is 9.80 Å². The topological polar surface area (TPSA) is 19.4 Å². The average molecular weight is 396 g/mol. The van der Waals surface area contributed by atoms with Crippen LogP contribution in [0.25, 0.3) is 22.2 Å². The molecule has 148 valence electrons. The highest BCUT2D eigenvalue weighted by Crippen LogP contribution is 2.33. The molecule has 0 unspecified atom stereocenters. The Morgan fingerprint density at radius 1 is 0.929 bits per heavy atom. The third-order valence-electron chi connectivity index (χ3n) is 5.90. The molecule has 4 rings (SSSR count). The van der Waals surface area contributed by atoms with Crippen molar-refractivity contribution in [2.75, 3.05) is 31.1 Å². The Hall–Kier alpha value is -2.10. The summed E-state index contributed by atoms with van der Waals surface area (Å²) in [5.41, 5.74) is 4.66. The second kappa shape index (κ2) is 9.40. The molecular formula is C24H30ClN3. The van der Waals surface area contributed by atoms with E-state index in [0.717, 1.165) is 43.4 Å². The van der Waals surface area contributed by atoms with Crippen LogP contribution >= 0.6 is 12.4 Å². The molecule has 1 fully saturated rings. The number of halogens is 1. The van der Waals surface area contributed by atoms with Crippen molar-refractivity contribution in [3.05, 3.63) is 60.7 Å².